The molecule has 0 aliphatic carbocycles. The van der Waals surface area contributed by atoms with Crippen LogP contribution in [0, 0.1) is 5.92 Å². The summed E-state index contributed by atoms with van der Waals surface area (Å²) in [7, 11) is 0. The maximum absolute atomic E-state index is 11.1. The first kappa shape index (κ1) is 16.8. The SMILES string of the molecule is CCC(CCOc1cccc2c1cnn2C1CCCCO1)C(=O)O. The van der Waals surface area contributed by atoms with E-state index in [1.54, 1.807) is 6.20 Å². The second-order valence-corrected chi connectivity index (χ2v) is 6.18. The van der Waals surface area contributed by atoms with Gasteiger partial charge in [-0.25, -0.2) is 4.68 Å². The molecule has 1 saturated heterocycles. The molecule has 6 heteroatoms. The molecule has 2 heterocycles. The van der Waals surface area contributed by atoms with Gasteiger partial charge in [-0.05, 0) is 44.2 Å². The molecular weight excluding hydrogens is 308 g/mol. The minimum Gasteiger partial charge on any atom is -0.493 e. The van der Waals surface area contributed by atoms with Gasteiger partial charge in [0.1, 0.15) is 5.75 Å². The zero-order valence-corrected chi connectivity index (χ0v) is 14.0. The molecular formula is C18H24N2O4. The van der Waals surface area contributed by atoms with Crippen LogP contribution in [0.15, 0.2) is 24.4 Å². The van der Waals surface area contributed by atoms with E-state index in [0.717, 1.165) is 42.5 Å². The molecule has 0 amide bonds. The lowest BCUT2D eigenvalue weighted by Crippen LogP contribution is -2.18. The summed E-state index contributed by atoms with van der Waals surface area (Å²) in [6.45, 7) is 3.04. The Balaban J connectivity index is 1.72. The quantitative estimate of drug-likeness (QED) is 0.838. The van der Waals surface area contributed by atoms with E-state index in [1.807, 2.05) is 29.8 Å². The van der Waals surface area contributed by atoms with Crippen molar-refractivity contribution in [1.82, 2.24) is 9.78 Å². The van der Waals surface area contributed by atoms with Crippen LogP contribution < -0.4 is 4.74 Å². The average Bonchev–Trinajstić information content (AvgIpc) is 3.04. The van der Waals surface area contributed by atoms with Crippen LogP contribution in [0.4, 0.5) is 0 Å². The highest BCUT2D eigenvalue weighted by molar-refractivity contribution is 5.85. The van der Waals surface area contributed by atoms with E-state index in [0.29, 0.717) is 19.4 Å². The first-order valence-corrected chi connectivity index (χ1v) is 8.64. The number of hydrogen-bond donors (Lipinski definition) is 1. The van der Waals surface area contributed by atoms with Gasteiger partial charge in [0, 0.05) is 6.61 Å². The van der Waals surface area contributed by atoms with Crippen molar-refractivity contribution in [1.29, 1.82) is 0 Å². The van der Waals surface area contributed by atoms with E-state index in [1.165, 1.54) is 0 Å². The minimum atomic E-state index is -0.762. The Bertz CT molecular complexity index is 691. The highest BCUT2D eigenvalue weighted by Gasteiger charge is 2.20. The predicted molar refractivity (Wildman–Crippen MR) is 90.1 cm³/mol. The largest absolute Gasteiger partial charge is 0.493 e. The standard InChI is InChI=1S/C18H24N2O4/c1-2-13(18(21)22)9-11-23-16-7-5-6-15-14(16)12-19-20(15)17-8-3-4-10-24-17/h5-7,12-13,17H,2-4,8-11H2,1H3,(H,21,22). The fourth-order valence-electron chi connectivity index (χ4n) is 3.13. The Labute approximate surface area is 141 Å². The number of benzene rings is 1. The summed E-state index contributed by atoms with van der Waals surface area (Å²) in [5.74, 6) is -0.376. The number of hydrogen-bond acceptors (Lipinski definition) is 4. The Morgan fingerprint density at radius 2 is 2.38 bits per heavy atom. The zero-order valence-electron chi connectivity index (χ0n) is 14.0. The third-order valence-electron chi connectivity index (χ3n) is 4.60. The summed E-state index contributed by atoms with van der Waals surface area (Å²) in [5, 5.41) is 14.5. The molecule has 24 heavy (non-hydrogen) atoms. The van der Waals surface area contributed by atoms with Crippen molar-refractivity contribution in [2.24, 2.45) is 5.92 Å². The molecule has 1 aliphatic rings. The number of ether oxygens (including phenoxy) is 2. The number of carbonyl (C=O) groups is 1. The summed E-state index contributed by atoms with van der Waals surface area (Å²) >= 11 is 0. The molecule has 0 radical (unpaired) electrons. The summed E-state index contributed by atoms with van der Waals surface area (Å²) in [5.41, 5.74) is 0.990. The summed E-state index contributed by atoms with van der Waals surface area (Å²) in [6, 6.07) is 5.85. The summed E-state index contributed by atoms with van der Waals surface area (Å²) in [4.78, 5) is 11.1. The third kappa shape index (κ3) is 3.53. The van der Waals surface area contributed by atoms with Gasteiger partial charge in [-0.15, -0.1) is 0 Å². The lowest BCUT2D eigenvalue weighted by Gasteiger charge is -2.23. The van der Waals surface area contributed by atoms with Gasteiger partial charge < -0.3 is 14.6 Å². The monoisotopic (exact) mass is 332 g/mol. The zero-order chi connectivity index (χ0) is 16.9. The Kier molecular flexibility index (Phi) is 5.35. The summed E-state index contributed by atoms with van der Waals surface area (Å²) < 4.78 is 13.6. The number of carboxylic acids is 1. The molecule has 6 nitrogen and oxygen atoms in total. The van der Waals surface area contributed by atoms with E-state index in [2.05, 4.69) is 5.10 Å². The highest BCUT2D eigenvalue weighted by atomic mass is 16.5. The topological polar surface area (TPSA) is 73.6 Å². The molecule has 1 aliphatic heterocycles. The number of carboxylic acid groups (broad SMARTS) is 1. The first-order valence-electron chi connectivity index (χ1n) is 8.64. The smallest absolute Gasteiger partial charge is 0.306 e. The first-order chi connectivity index (χ1) is 11.7. The molecule has 1 aromatic heterocycles. The van der Waals surface area contributed by atoms with Crippen LogP contribution in [0.2, 0.25) is 0 Å². The number of nitrogens with zero attached hydrogens (tertiary/aromatic N) is 2. The van der Waals surface area contributed by atoms with Crippen LogP contribution >= 0.6 is 0 Å². The van der Waals surface area contributed by atoms with Crippen LogP contribution in [0.25, 0.3) is 10.9 Å². The van der Waals surface area contributed by atoms with Gasteiger partial charge in [-0.3, -0.25) is 4.79 Å². The highest BCUT2D eigenvalue weighted by Crippen LogP contribution is 2.30. The summed E-state index contributed by atoms with van der Waals surface area (Å²) in [6.07, 6.45) is 6.13. The van der Waals surface area contributed by atoms with E-state index in [-0.39, 0.29) is 12.1 Å². The fraction of sp³-hybridized carbons (Fsp3) is 0.556. The van der Waals surface area contributed by atoms with Gasteiger partial charge in [0.15, 0.2) is 6.23 Å². The molecule has 1 N–H and O–H groups in total. The molecule has 130 valence electrons. The van der Waals surface area contributed by atoms with Crippen molar-refractivity contribution in [2.75, 3.05) is 13.2 Å². The molecule has 1 aromatic carbocycles. The van der Waals surface area contributed by atoms with Crippen molar-refractivity contribution < 1.29 is 19.4 Å². The van der Waals surface area contributed by atoms with Gasteiger partial charge >= 0.3 is 5.97 Å². The van der Waals surface area contributed by atoms with Crippen molar-refractivity contribution in [3.8, 4) is 5.75 Å². The Morgan fingerprint density at radius 1 is 1.50 bits per heavy atom. The maximum atomic E-state index is 11.1. The molecule has 0 saturated carbocycles. The fourth-order valence-corrected chi connectivity index (χ4v) is 3.13. The van der Waals surface area contributed by atoms with Gasteiger partial charge in [-0.2, -0.15) is 5.10 Å². The molecule has 2 aromatic rings. The molecule has 0 spiro atoms. The van der Waals surface area contributed by atoms with Crippen LogP contribution in [0.1, 0.15) is 45.3 Å². The molecule has 3 rings (SSSR count). The lowest BCUT2D eigenvalue weighted by molar-refractivity contribution is -0.142. The molecule has 0 bridgehead atoms. The Hall–Kier alpha value is -2.08. The molecule has 2 unspecified atom stereocenters. The van der Waals surface area contributed by atoms with E-state index in [4.69, 9.17) is 14.6 Å². The van der Waals surface area contributed by atoms with Gasteiger partial charge in [-0.1, -0.05) is 13.0 Å². The predicted octanol–water partition coefficient (Wildman–Crippen LogP) is 3.62. The lowest BCUT2D eigenvalue weighted by atomic mass is 10.0. The molecule has 2 atom stereocenters. The van der Waals surface area contributed by atoms with Crippen molar-refractivity contribution in [3.05, 3.63) is 24.4 Å². The van der Waals surface area contributed by atoms with E-state index >= 15 is 0 Å². The van der Waals surface area contributed by atoms with Crippen LogP contribution in [0.3, 0.4) is 0 Å². The molecule has 1 fully saturated rings. The Morgan fingerprint density at radius 3 is 3.08 bits per heavy atom. The van der Waals surface area contributed by atoms with Gasteiger partial charge in [0.05, 0.1) is 29.6 Å². The van der Waals surface area contributed by atoms with Gasteiger partial charge in [0.2, 0.25) is 0 Å². The van der Waals surface area contributed by atoms with Gasteiger partial charge in [0.25, 0.3) is 0 Å². The number of fused-ring (bicyclic) bond motifs is 1. The van der Waals surface area contributed by atoms with Crippen LogP contribution in [0.5, 0.6) is 5.75 Å². The van der Waals surface area contributed by atoms with Crippen molar-refractivity contribution in [2.45, 2.75) is 45.3 Å². The van der Waals surface area contributed by atoms with E-state index in [9.17, 15) is 4.79 Å². The van der Waals surface area contributed by atoms with Crippen LogP contribution in [-0.4, -0.2) is 34.1 Å². The third-order valence-corrected chi connectivity index (χ3v) is 4.60. The van der Waals surface area contributed by atoms with E-state index < -0.39 is 5.97 Å². The second kappa shape index (κ2) is 7.66. The average molecular weight is 332 g/mol. The van der Waals surface area contributed by atoms with Crippen molar-refractivity contribution in [3.63, 3.8) is 0 Å². The number of aliphatic carboxylic acids is 1. The van der Waals surface area contributed by atoms with Crippen molar-refractivity contribution >= 4 is 16.9 Å². The number of aromatic nitrogens is 2. The number of rotatable bonds is 7. The normalized spacial score (nSPS) is 19.3. The minimum absolute atomic E-state index is 0.0111. The van der Waals surface area contributed by atoms with Crippen LogP contribution in [-0.2, 0) is 9.53 Å². The maximum Gasteiger partial charge on any atom is 0.306 e. The second-order valence-electron chi connectivity index (χ2n) is 6.18.